The van der Waals surface area contributed by atoms with Crippen LogP contribution in [0.1, 0.15) is 16.1 Å². The molecule has 1 atom stereocenters. The molecule has 2 aromatic rings. The number of pyridine rings is 1. The average molecular weight is 306 g/mol. The molecular weight excluding hydrogens is 291 g/mol. The molecule has 1 unspecified atom stereocenters. The van der Waals surface area contributed by atoms with Crippen molar-refractivity contribution in [2.45, 2.75) is 13.0 Å². The van der Waals surface area contributed by atoms with Crippen molar-refractivity contribution in [3.63, 3.8) is 0 Å². The number of nitrogens with zero attached hydrogens (tertiary/aromatic N) is 1. The van der Waals surface area contributed by atoms with Crippen LogP contribution in [0.15, 0.2) is 24.3 Å². The van der Waals surface area contributed by atoms with E-state index in [1.807, 2.05) is 0 Å². The quantitative estimate of drug-likeness (QED) is 0.874. The minimum absolute atomic E-state index is 0.161. The molecular formula is C15H15FN2O4. The summed E-state index contributed by atoms with van der Waals surface area (Å²) in [5, 5.41) is 12.0. The number of carboxylic acids is 1. The van der Waals surface area contributed by atoms with E-state index in [-0.39, 0.29) is 6.54 Å². The van der Waals surface area contributed by atoms with E-state index in [9.17, 15) is 14.0 Å². The minimum atomic E-state index is -1.16. The number of halogens is 1. The van der Waals surface area contributed by atoms with Crippen LogP contribution >= 0.6 is 0 Å². The van der Waals surface area contributed by atoms with Crippen LogP contribution in [0.25, 0.3) is 10.9 Å². The number of aromatic nitrogens is 1. The molecule has 1 heterocycles. The summed E-state index contributed by atoms with van der Waals surface area (Å²) in [6.45, 7) is 1.47. The fraction of sp³-hybridized carbons (Fsp3) is 0.267. The van der Waals surface area contributed by atoms with Gasteiger partial charge in [-0.1, -0.05) is 0 Å². The Morgan fingerprint density at radius 2 is 2.14 bits per heavy atom. The highest BCUT2D eigenvalue weighted by Crippen LogP contribution is 2.17. The van der Waals surface area contributed by atoms with Gasteiger partial charge in [0.25, 0.3) is 5.91 Å². The number of rotatable bonds is 5. The number of fused-ring (bicyclic) bond motifs is 1. The van der Waals surface area contributed by atoms with E-state index < -0.39 is 23.8 Å². The zero-order valence-electron chi connectivity index (χ0n) is 12.1. The predicted octanol–water partition coefficient (Wildman–Crippen LogP) is 1.51. The fourth-order valence-corrected chi connectivity index (χ4v) is 2.02. The molecule has 116 valence electrons. The Kier molecular flexibility index (Phi) is 4.67. The second-order valence-corrected chi connectivity index (χ2v) is 4.73. The van der Waals surface area contributed by atoms with Crippen molar-refractivity contribution >= 4 is 22.8 Å². The number of nitrogens with one attached hydrogen (secondary N) is 1. The summed E-state index contributed by atoms with van der Waals surface area (Å²) < 4.78 is 17.9. The van der Waals surface area contributed by atoms with Gasteiger partial charge in [-0.25, -0.2) is 9.18 Å². The van der Waals surface area contributed by atoms with E-state index in [0.29, 0.717) is 22.2 Å². The lowest BCUT2D eigenvalue weighted by Gasteiger charge is -2.12. The Balaban J connectivity index is 2.22. The van der Waals surface area contributed by atoms with Gasteiger partial charge in [-0.2, -0.15) is 0 Å². The number of hydrogen-bond donors (Lipinski definition) is 2. The SMILES string of the molecule is COC(CNC(=O)c1cc2ccc(F)cc2nc1C)C(=O)O. The number of carbonyl (C=O) groups is 2. The van der Waals surface area contributed by atoms with Gasteiger partial charge in [0.2, 0.25) is 0 Å². The summed E-state index contributed by atoms with van der Waals surface area (Å²) in [7, 11) is 1.25. The second-order valence-electron chi connectivity index (χ2n) is 4.73. The molecule has 0 saturated carbocycles. The van der Waals surface area contributed by atoms with Gasteiger partial charge < -0.3 is 15.2 Å². The van der Waals surface area contributed by atoms with Crippen molar-refractivity contribution in [2.75, 3.05) is 13.7 Å². The molecule has 2 N–H and O–H groups in total. The monoisotopic (exact) mass is 306 g/mol. The van der Waals surface area contributed by atoms with Gasteiger partial charge in [0.15, 0.2) is 6.10 Å². The second kappa shape index (κ2) is 6.48. The van der Waals surface area contributed by atoms with E-state index in [1.165, 1.54) is 25.3 Å². The van der Waals surface area contributed by atoms with Gasteiger partial charge in [-0.05, 0) is 25.1 Å². The molecule has 0 aliphatic rings. The number of benzene rings is 1. The van der Waals surface area contributed by atoms with E-state index in [1.54, 1.807) is 13.0 Å². The zero-order valence-corrected chi connectivity index (χ0v) is 12.1. The summed E-state index contributed by atoms with van der Waals surface area (Å²) in [6.07, 6.45) is -1.12. The lowest BCUT2D eigenvalue weighted by molar-refractivity contribution is -0.148. The topological polar surface area (TPSA) is 88.5 Å². The van der Waals surface area contributed by atoms with Gasteiger partial charge in [-0.15, -0.1) is 0 Å². The normalized spacial score (nSPS) is 12.1. The van der Waals surface area contributed by atoms with Crippen LogP contribution in [0.5, 0.6) is 0 Å². The van der Waals surface area contributed by atoms with Crippen molar-refractivity contribution in [3.05, 3.63) is 41.3 Å². The minimum Gasteiger partial charge on any atom is -0.479 e. The molecule has 0 fully saturated rings. The number of aliphatic carboxylic acids is 1. The third kappa shape index (κ3) is 3.37. The molecule has 0 saturated heterocycles. The summed E-state index contributed by atoms with van der Waals surface area (Å²) in [6, 6.07) is 5.69. The molecule has 22 heavy (non-hydrogen) atoms. The van der Waals surface area contributed by atoms with Gasteiger partial charge in [0.05, 0.1) is 23.3 Å². The number of carboxylic acid groups (broad SMARTS) is 1. The lowest BCUT2D eigenvalue weighted by atomic mass is 10.1. The summed E-state index contributed by atoms with van der Waals surface area (Å²) in [5.41, 5.74) is 1.19. The predicted molar refractivity (Wildman–Crippen MR) is 77.2 cm³/mol. The van der Waals surface area contributed by atoms with Crippen molar-refractivity contribution in [2.24, 2.45) is 0 Å². The standard InChI is InChI=1S/C15H15FN2O4/c1-8-11(14(19)17-7-13(22-2)15(20)21)5-9-3-4-10(16)6-12(9)18-8/h3-6,13H,7H2,1-2H3,(H,17,19)(H,20,21). The molecule has 1 amide bonds. The first kappa shape index (κ1) is 15.8. The molecule has 0 spiro atoms. The third-order valence-corrected chi connectivity index (χ3v) is 3.22. The van der Waals surface area contributed by atoms with Crippen molar-refractivity contribution in [3.8, 4) is 0 Å². The number of aryl methyl sites for hydroxylation is 1. The number of carbonyl (C=O) groups excluding carboxylic acids is 1. The maximum absolute atomic E-state index is 13.2. The lowest BCUT2D eigenvalue weighted by Crippen LogP contribution is -2.38. The zero-order chi connectivity index (χ0) is 16.3. The summed E-state index contributed by atoms with van der Waals surface area (Å²) >= 11 is 0. The van der Waals surface area contributed by atoms with Crippen LogP contribution in [0.3, 0.4) is 0 Å². The van der Waals surface area contributed by atoms with Gasteiger partial charge >= 0.3 is 5.97 Å². The van der Waals surface area contributed by atoms with Crippen molar-refractivity contribution in [1.29, 1.82) is 0 Å². The molecule has 6 nitrogen and oxygen atoms in total. The Morgan fingerprint density at radius 3 is 2.77 bits per heavy atom. The third-order valence-electron chi connectivity index (χ3n) is 3.22. The van der Waals surface area contributed by atoms with Crippen molar-refractivity contribution in [1.82, 2.24) is 10.3 Å². The molecule has 0 aliphatic carbocycles. The van der Waals surface area contributed by atoms with Gasteiger partial charge in [-0.3, -0.25) is 9.78 Å². The number of amides is 1. The molecule has 1 aromatic heterocycles. The first-order valence-corrected chi connectivity index (χ1v) is 6.53. The van der Waals surface area contributed by atoms with E-state index in [2.05, 4.69) is 10.3 Å². The van der Waals surface area contributed by atoms with Crippen LogP contribution in [-0.4, -0.2) is 41.7 Å². The van der Waals surface area contributed by atoms with E-state index in [0.717, 1.165) is 0 Å². The summed E-state index contributed by atoms with van der Waals surface area (Å²) in [5.74, 6) is -2.02. The first-order chi connectivity index (χ1) is 10.4. The Labute approximate surface area is 125 Å². The van der Waals surface area contributed by atoms with Crippen LogP contribution in [0.4, 0.5) is 4.39 Å². The maximum atomic E-state index is 13.2. The average Bonchev–Trinajstić information content (AvgIpc) is 2.46. The number of ether oxygens (including phenoxy) is 1. The van der Waals surface area contributed by atoms with E-state index >= 15 is 0 Å². The first-order valence-electron chi connectivity index (χ1n) is 6.53. The van der Waals surface area contributed by atoms with Crippen LogP contribution < -0.4 is 5.32 Å². The summed E-state index contributed by atoms with van der Waals surface area (Å²) in [4.78, 5) is 27.2. The highest BCUT2D eigenvalue weighted by atomic mass is 19.1. The maximum Gasteiger partial charge on any atom is 0.334 e. The number of methoxy groups -OCH3 is 1. The Bertz CT molecular complexity index is 733. The van der Waals surface area contributed by atoms with Gasteiger partial charge in [0, 0.05) is 18.6 Å². The highest BCUT2D eigenvalue weighted by molar-refractivity contribution is 5.98. The molecule has 0 radical (unpaired) electrons. The Hall–Kier alpha value is -2.54. The van der Waals surface area contributed by atoms with Crippen molar-refractivity contribution < 1.29 is 23.8 Å². The molecule has 0 bridgehead atoms. The molecule has 2 rings (SSSR count). The smallest absolute Gasteiger partial charge is 0.334 e. The van der Waals surface area contributed by atoms with Gasteiger partial charge in [0.1, 0.15) is 5.82 Å². The van der Waals surface area contributed by atoms with Crippen LogP contribution in [0, 0.1) is 12.7 Å². The van der Waals surface area contributed by atoms with Crippen LogP contribution in [-0.2, 0) is 9.53 Å². The molecule has 7 heteroatoms. The molecule has 1 aromatic carbocycles. The van der Waals surface area contributed by atoms with Crippen LogP contribution in [0.2, 0.25) is 0 Å². The fourth-order valence-electron chi connectivity index (χ4n) is 2.02. The largest absolute Gasteiger partial charge is 0.479 e. The van der Waals surface area contributed by atoms with E-state index in [4.69, 9.17) is 9.84 Å². The Morgan fingerprint density at radius 1 is 1.41 bits per heavy atom. The highest BCUT2D eigenvalue weighted by Gasteiger charge is 2.19. The number of hydrogen-bond acceptors (Lipinski definition) is 4. The molecule has 0 aliphatic heterocycles.